The standard InChI is InChI=1S/C16H26.C8H6F4.C5H6F6.C4H6F4/c1-10(2)14-8-15(11(3)4)13(7)16(9-14)12(5)6;1-3-5(9)4(2)7(11)8(12)6(3)10;1-3(6,7)5(10,11)4(2,8)9;1-3(5,6)4(2,7)8/h8-12H,1-7H3;1-2H3;1-2H3;1-2H3. The maximum absolute atomic E-state index is 12.8. The molecule has 0 saturated heterocycles. The molecule has 0 heterocycles. The summed E-state index contributed by atoms with van der Waals surface area (Å²) in [5.74, 6) is -26.2. The fourth-order valence-corrected chi connectivity index (χ4v) is 3.60. The van der Waals surface area contributed by atoms with E-state index in [0.29, 0.717) is 17.8 Å². The largest absolute Gasteiger partial charge is 0.371 e. The zero-order chi connectivity index (χ0) is 38.4. The Bertz CT molecular complexity index is 1120. The maximum Gasteiger partial charge on any atom is 0.371 e. The van der Waals surface area contributed by atoms with Crippen molar-refractivity contribution in [1.29, 1.82) is 0 Å². The molecular formula is C33H44F14. The molecule has 0 aromatic heterocycles. The van der Waals surface area contributed by atoms with Gasteiger partial charge in [0.1, 0.15) is 5.82 Å². The summed E-state index contributed by atoms with van der Waals surface area (Å²) in [7, 11) is 0. The van der Waals surface area contributed by atoms with Gasteiger partial charge >= 0.3 is 29.6 Å². The Morgan fingerprint density at radius 3 is 0.851 bits per heavy atom. The molecule has 0 unspecified atom stereocenters. The van der Waals surface area contributed by atoms with Gasteiger partial charge in [-0.15, -0.1) is 0 Å². The highest BCUT2D eigenvalue weighted by molar-refractivity contribution is 5.42. The van der Waals surface area contributed by atoms with Crippen molar-refractivity contribution in [2.75, 3.05) is 0 Å². The topological polar surface area (TPSA) is 0 Å². The fourth-order valence-electron chi connectivity index (χ4n) is 3.60. The number of hydrogen-bond donors (Lipinski definition) is 0. The third kappa shape index (κ3) is 12.8. The molecule has 0 radical (unpaired) electrons. The normalized spacial score (nSPS) is 12.7. The van der Waals surface area contributed by atoms with Gasteiger partial charge in [0, 0.05) is 38.8 Å². The molecule has 0 amide bonds. The van der Waals surface area contributed by atoms with Gasteiger partial charge in [0.2, 0.25) is 0 Å². The molecule has 47 heavy (non-hydrogen) atoms. The zero-order valence-electron chi connectivity index (χ0n) is 28.7. The molecule has 0 spiro atoms. The molecule has 0 nitrogen and oxygen atoms in total. The van der Waals surface area contributed by atoms with Crippen molar-refractivity contribution in [1.82, 2.24) is 0 Å². The van der Waals surface area contributed by atoms with E-state index < -0.39 is 64.0 Å². The van der Waals surface area contributed by atoms with Crippen molar-refractivity contribution < 1.29 is 61.5 Å². The van der Waals surface area contributed by atoms with Crippen molar-refractivity contribution in [3.8, 4) is 0 Å². The second-order valence-corrected chi connectivity index (χ2v) is 12.4. The van der Waals surface area contributed by atoms with Crippen LogP contribution in [0.4, 0.5) is 61.5 Å². The summed E-state index contributed by atoms with van der Waals surface area (Å²) in [5, 5.41) is 0. The Kier molecular flexibility index (Phi) is 16.6. The lowest BCUT2D eigenvalue weighted by Gasteiger charge is -2.27. The second-order valence-electron chi connectivity index (χ2n) is 12.4. The predicted molar refractivity (Wildman–Crippen MR) is 157 cm³/mol. The van der Waals surface area contributed by atoms with Crippen molar-refractivity contribution in [2.24, 2.45) is 0 Å². The highest BCUT2D eigenvalue weighted by Gasteiger charge is 2.66. The average molecular weight is 707 g/mol. The van der Waals surface area contributed by atoms with Crippen molar-refractivity contribution in [3.05, 3.63) is 68.8 Å². The predicted octanol–water partition coefficient (Wildman–Crippen LogP) is 13.5. The first kappa shape index (κ1) is 46.6. The summed E-state index contributed by atoms with van der Waals surface area (Å²) in [6, 6.07) is 4.80. The van der Waals surface area contributed by atoms with E-state index in [-0.39, 0.29) is 27.7 Å². The molecular weight excluding hydrogens is 662 g/mol. The highest BCUT2D eigenvalue weighted by Crippen LogP contribution is 2.44. The molecule has 0 aliphatic heterocycles. The minimum absolute atomic E-state index is 0.188. The van der Waals surface area contributed by atoms with Crippen LogP contribution in [-0.2, 0) is 0 Å². The Hall–Kier alpha value is -2.54. The Labute approximate surface area is 267 Å². The molecule has 2 aromatic rings. The SMILES string of the molecule is CC(F)(F)C(C)(F)F.CC(F)(F)C(F)(F)C(C)(F)F.Cc1c(C(C)C)cc(C(C)C)cc1C(C)C.Cc1c(F)c(C)c(F)c(F)c1F. The molecule has 0 aliphatic carbocycles. The summed E-state index contributed by atoms with van der Waals surface area (Å²) in [5.41, 5.74) is 5.04. The third-order valence-corrected chi connectivity index (χ3v) is 7.00. The lowest BCUT2D eigenvalue weighted by atomic mass is 9.85. The fraction of sp³-hybridized carbons (Fsp3) is 0.636. The van der Waals surface area contributed by atoms with Crippen LogP contribution in [-0.4, -0.2) is 29.6 Å². The van der Waals surface area contributed by atoms with Crippen LogP contribution in [0.15, 0.2) is 12.1 Å². The summed E-state index contributed by atoms with van der Waals surface area (Å²) < 4.78 is 167. The molecule has 0 aliphatic rings. The third-order valence-electron chi connectivity index (χ3n) is 7.00. The first-order valence-electron chi connectivity index (χ1n) is 14.4. The molecule has 2 rings (SSSR count). The minimum atomic E-state index is -5.29. The molecule has 0 fully saturated rings. The van der Waals surface area contributed by atoms with Gasteiger partial charge in [-0.25, -0.2) is 35.1 Å². The Morgan fingerprint density at radius 1 is 0.404 bits per heavy atom. The van der Waals surface area contributed by atoms with Gasteiger partial charge < -0.3 is 0 Å². The van der Waals surface area contributed by atoms with Gasteiger partial charge in [0.15, 0.2) is 17.5 Å². The van der Waals surface area contributed by atoms with Crippen molar-refractivity contribution >= 4 is 0 Å². The Morgan fingerprint density at radius 2 is 0.681 bits per heavy atom. The average Bonchev–Trinajstić information content (AvgIpc) is 2.88. The van der Waals surface area contributed by atoms with E-state index in [2.05, 4.69) is 60.6 Å². The van der Waals surface area contributed by atoms with Crippen LogP contribution in [0.5, 0.6) is 0 Å². The van der Waals surface area contributed by atoms with Crippen molar-refractivity contribution in [3.63, 3.8) is 0 Å². The molecule has 0 saturated carbocycles. The van der Waals surface area contributed by atoms with Gasteiger partial charge in [-0.2, -0.15) is 26.3 Å². The van der Waals surface area contributed by atoms with E-state index >= 15 is 0 Å². The highest BCUT2D eigenvalue weighted by atomic mass is 19.3. The van der Waals surface area contributed by atoms with E-state index in [1.54, 1.807) is 0 Å². The van der Waals surface area contributed by atoms with Crippen LogP contribution in [0, 0.1) is 44.0 Å². The molecule has 0 atom stereocenters. The van der Waals surface area contributed by atoms with Crippen molar-refractivity contribution in [2.45, 2.75) is 137 Å². The summed E-state index contributed by atoms with van der Waals surface area (Å²) in [6.07, 6.45) is 0. The monoisotopic (exact) mass is 706 g/mol. The molecule has 2 aromatic carbocycles. The van der Waals surface area contributed by atoms with Crippen LogP contribution in [0.2, 0.25) is 0 Å². The number of halogens is 14. The van der Waals surface area contributed by atoms with Crippen LogP contribution >= 0.6 is 0 Å². The zero-order valence-corrected chi connectivity index (χ0v) is 28.7. The number of benzene rings is 2. The lowest BCUT2D eigenvalue weighted by Crippen LogP contribution is -2.50. The molecule has 274 valence electrons. The summed E-state index contributed by atoms with van der Waals surface area (Å²) >= 11 is 0. The van der Waals surface area contributed by atoms with Gasteiger partial charge in [0.25, 0.3) is 0 Å². The Balaban J connectivity index is 0. The smallest absolute Gasteiger partial charge is 0.206 e. The van der Waals surface area contributed by atoms with Crippen LogP contribution in [0.25, 0.3) is 0 Å². The molecule has 0 N–H and O–H groups in total. The van der Waals surface area contributed by atoms with Crippen LogP contribution in [0.1, 0.15) is 120 Å². The number of rotatable bonds is 6. The first-order valence-corrected chi connectivity index (χ1v) is 14.4. The van der Waals surface area contributed by atoms with Gasteiger partial charge in [-0.3, -0.25) is 0 Å². The van der Waals surface area contributed by atoms with Gasteiger partial charge in [-0.1, -0.05) is 53.7 Å². The minimum Gasteiger partial charge on any atom is -0.206 e. The molecule has 14 heteroatoms. The maximum atomic E-state index is 12.8. The lowest BCUT2D eigenvalue weighted by molar-refractivity contribution is -0.295. The number of alkyl halides is 10. The van der Waals surface area contributed by atoms with Crippen LogP contribution in [0.3, 0.4) is 0 Å². The van der Waals surface area contributed by atoms with Gasteiger partial charge in [-0.05, 0) is 60.8 Å². The first-order chi connectivity index (χ1) is 20.6. The summed E-state index contributed by atoms with van der Waals surface area (Å²) in [4.78, 5) is 0. The van der Waals surface area contributed by atoms with E-state index in [1.807, 2.05) is 0 Å². The van der Waals surface area contributed by atoms with E-state index in [4.69, 9.17) is 0 Å². The quantitative estimate of drug-likeness (QED) is 0.159. The summed E-state index contributed by atoms with van der Waals surface area (Å²) in [6.45, 7) is 18.0. The second kappa shape index (κ2) is 16.7. The number of hydrogen-bond acceptors (Lipinski definition) is 0. The van der Waals surface area contributed by atoms with E-state index in [1.165, 1.54) is 22.3 Å². The van der Waals surface area contributed by atoms with Gasteiger partial charge in [0.05, 0.1) is 0 Å². The van der Waals surface area contributed by atoms with E-state index in [9.17, 15) is 61.5 Å². The van der Waals surface area contributed by atoms with E-state index in [0.717, 1.165) is 13.8 Å². The van der Waals surface area contributed by atoms with Crippen LogP contribution < -0.4 is 0 Å². The molecule has 0 bridgehead atoms.